The minimum Gasteiger partial charge on any atom is -0.480 e. The fourth-order valence-corrected chi connectivity index (χ4v) is 5.32. The van der Waals surface area contributed by atoms with Crippen LogP contribution in [0.4, 0.5) is 0 Å². The molecular weight excluding hydrogens is 278 g/mol. The fourth-order valence-electron chi connectivity index (χ4n) is 1.81. The molecule has 1 N–H and O–H groups in total. The van der Waals surface area contributed by atoms with Crippen molar-refractivity contribution >= 4 is 27.8 Å². The van der Waals surface area contributed by atoms with Crippen LogP contribution in [0.5, 0.6) is 0 Å². The van der Waals surface area contributed by atoms with Crippen LogP contribution in [0.1, 0.15) is 20.3 Å². The van der Waals surface area contributed by atoms with Crippen molar-refractivity contribution in [2.45, 2.75) is 31.7 Å². The van der Waals surface area contributed by atoms with Crippen LogP contribution in [0.2, 0.25) is 0 Å². The first-order valence-electron chi connectivity index (χ1n) is 5.87. The highest BCUT2D eigenvalue weighted by Crippen LogP contribution is 2.33. The molecule has 0 amide bonds. The van der Waals surface area contributed by atoms with Gasteiger partial charge in [-0.05, 0) is 13.3 Å². The van der Waals surface area contributed by atoms with Gasteiger partial charge in [0.25, 0.3) is 0 Å². The Kier molecular flexibility index (Phi) is 5.90. The minimum absolute atomic E-state index is 0.1000. The number of hydrogen-bond acceptors (Lipinski definition) is 5. The first-order valence-corrected chi connectivity index (χ1v) is 8.53. The number of rotatable bonds is 7. The topological polar surface area (TPSA) is 83.9 Å². The molecule has 0 bridgehead atoms. The van der Waals surface area contributed by atoms with E-state index in [0.717, 1.165) is 4.31 Å². The Morgan fingerprint density at radius 3 is 2.67 bits per heavy atom. The number of hydrogen-bond donors (Lipinski definition) is 1. The highest BCUT2D eigenvalue weighted by Gasteiger charge is 2.44. The van der Waals surface area contributed by atoms with Crippen LogP contribution in [0, 0.1) is 0 Å². The highest BCUT2D eigenvalue weighted by atomic mass is 32.2. The molecule has 0 radical (unpaired) electrons. The molecule has 1 aliphatic heterocycles. The molecule has 0 aliphatic carbocycles. The number of carboxylic acid groups (broad SMARTS) is 1. The first kappa shape index (κ1) is 15.7. The number of carboxylic acids is 1. The number of carbonyl (C=O) groups is 1. The Labute approximate surface area is 112 Å². The van der Waals surface area contributed by atoms with Crippen molar-refractivity contribution in [1.29, 1.82) is 0 Å². The van der Waals surface area contributed by atoms with Gasteiger partial charge in [0.2, 0.25) is 10.0 Å². The van der Waals surface area contributed by atoms with E-state index < -0.39 is 22.0 Å². The predicted molar refractivity (Wildman–Crippen MR) is 70.1 cm³/mol. The summed E-state index contributed by atoms with van der Waals surface area (Å²) >= 11 is 1.38. The zero-order valence-electron chi connectivity index (χ0n) is 10.5. The van der Waals surface area contributed by atoms with E-state index in [-0.39, 0.29) is 17.7 Å². The van der Waals surface area contributed by atoms with Crippen LogP contribution >= 0.6 is 11.8 Å². The molecule has 2 atom stereocenters. The SMILES string of the molecule is CCOCCS(=O)(=O)N1C(CC)SCC1C(=O)O. The zero-order chi connectivity index (χ0) is 13.8. The maximum absolute atomic E-state index is 12.2. The summed E-state index contributed by atoms with van der Waals surface area (Å²) in [6, 6.07) is -0.952. The van der Waals surface area contributed by atoms with Gasteiger partial charge in [0.15, 0.2) is 0 Å². The Balaban J connectivity index is 2.83. The van der Waals surface area contributed by atoms with Crippen LogP contribution in [-0.2, 0) is 19.6 Å². The maximum Gasteiger partial charge on any atom is 0.322 e. The van der Waals surface area contributed by atoms with Gasteiger partial charge in [-0.25, -0.2) is 8.42 Å². The predicted octanol–water partition coefficient (Wildman–Crippen LogP) is 0.591. The van der Waals surface area contributed by atoms with E-state index in [1.807, 2.05) is 6.92 Å². The molecule has 18 heavy (non-hydrogen) atoms. The molecule has 106 valence electrons. The Morgan fingerprint density at radius 1 is 1.50 bits per heavy atom. The van der Waals surface area contributed by atoms with Gasteiger partial charge in [0.1, 0.15) is 6.04 Å². The third-order valence-corrected chi connectivity index (χ3v) is 6.10. The first-order chi connectivity index (χ1) is 8.44. The molecule has 6 nitrogen and oxygen atoms in total. The molecule has 0 aromatic rings. The number of thioether (sulfide) groups is 1. The molecule has 1 heterocycles. The summed E-state index contributed by atoms with van der Waals surface area (Å²) in [4.78, 5) is 11.1. The van der Waals surface area contributed by atoms with Gasteiger partial charge < -0.3 is 9.84 Å². The second-order valence-corrected chi connectivity index (χ2v) is 7.10. The van der Waals surface area contributed by atoms with Gasteiger partial charge in [-0.1, -0.05) is 6.92 Å². The molecule has 0 spiro atoms. The average Bonchev–Trinajstić information content (AvgIpc) is 2.73. The van der Waals surface area contributed by atoms with Gasteiger partial charge in [-0.3, -0.25) is 4.79 Å². The number of ether oxygens (including phenoxy) is 1. The van der Waals surface area contributed by atoms with Gasteiger partial charge in [-0.15, -0.1) is 11.8 Å². The summed E-state index contributed by atoms with van der Waals surface area (Å²) in [7, 11) is -3.58. The summed E-state index contributed by atoms with van der Waals surface area (Å²) in [6.45, 7) is 4.19. The van der Waals surface area contributed by atoms with Gasteiger partial charge in [0.05, 0.1) is 17.7 Å². The van der Waals surface area contributed by atoms with Crippen molar-refractivity contribution in [3.63, 3.8) is 0 Å². The second kappa shape index (κ2) is 6.74. The Morgan fingerprint density at radius 2 is 2.17 bits per heavy atom. The fraction of sp³-hybridized carbons (Fsp3) is 0.900. The van der Waals surface area contributed by atoms with E-state index in [1.54, 1.807) is 6.92 Å². The van der Waals surface area contributed by atoms with Gasteiger partial charge >= 0.3 is 5.97 Å². The summed E-state index contributed by atoms with van der Waals surface area (Å²) in [5, 5.41) is 8.80. The number of sulfonamides is 1. The van der Waals surface area contributed by atoms with E-state index in [9.17, 15) is 13.2 Å². The van der Waals surface area contributed by atoms with Crippen molar-refractivity contribution in [3.8, 4) is 0 Å². The summed E-state index contributed by atoms with van der Waals surface area (Å²) in [5.41, 5.74) is 0. The van der Waals surface area contributed by atoms with Crippen molar-refractivity contribution < 1.29 is 23.1 Å². The van der Waals surface area contributed by atoms with E-state index in [4.69, 9.17) is 9.84 Å². The Bertz CT molecular complexity index is 384. The molecule has 8 heteroatoms. The standard InChI is InChI=1S/C10H19NO5S2/c1-3-9-11(8(7-17-9)10(12)13)18(14,15)6-5-16-4-2/h8-9H,3-7H2,1-2H3,(H,12,13). The van der Waals surface area contributed by atoms with Crippen LogP contribution in [0.3, 0.4) is 0 Å². The smallest absolute Gasteiger partial charge is 0.322 e. The lowest BCUT2D eigenvalue weighted by Gasteiger charge is -2.25. The van der Waals surface area contributed by atoms with E-state index in [0.29, 0.717) is 18.8 Å². The molecular formula is C10H19NO5S2. The minimum atomic E-state index is -3.58. The average molecular weight is 297 g/mol. The quantitative estimate of drug-likeness (QED) is 0.692. The molecule has 1 aliphatic rings. The molecule has 0 saturated carbocycles. The summed E-state index contributed by atoms with van der Waals surface area (Å²) < 4.78 is 30.5. The van der Waals surface area contributed by atoms with E-state index in [1.165, 1.54) is 11.8 Å². The third kappa shape index (κ3) is 3.59. The summed E-state index contributed by atoms with van der Waals surface area (Å²) in [5.74, 6) is -0.943. The highest BCUT2D eigenvalue weighted by molar-refractivity contribution is 8.01. The normalized spacial score (nSPS) is 25.4. The number of nitrogens with zero attached hydrogens (tertiary/aromatic N) is 1. The van der Waals surface area contributed by atoms with Crippen LogP contribution in [0.15, 0.2) is 0 Å². The zero-order valence-corrected chi connectivity index (χ0v) is 12.2. The van der Waals surface area contributed by atoms with Crippen molar-refractivity contribution in [2.24, 2.45) is 0 Å². The molecule has 0 aromatic heterocycles. The lowest BCUT2D eigenvalue weighted by atomic mass is 10.3. The molecule has 1 saturated heterocycles. The molecule has 2 unspecified atom stereocenters. The van der Waals surface area contributed by atoms with Crippen LogP contribution in [0.25, 0.3) is 0 Å². The molecule has 1 rings (SSSR count). The van der Waals surface area contributed by atoms with Crippen molar-refractivity contribution in [3.05, 3.63) is 0 Å². The molecule has 0 aromatic carbocycles. The molecule has 1 fully saturated rings. The van der Waals surface area contributed by atoms with E-state index in [2.05, 4.69) is 0 Å². The lowest BCUT2D eigenvalue weighted by molar-refractivity contribution is -0.140. The van der Waals surface area contributed by atoms with Gasteiger partial charge in [0, 0.05) is 12.4 Å². The third-order valence-electron chi connectivity index (χ3n) is 2.68. The lowest BCUT2D eigenvalue weighted by Crippen LogP contribution is -2.46. The second-order valence-electron chi connectivity index (χ2n) is 3.89. The monoisotopic (exact) mass is 297 g/mol. The number of aliphatic carboxylic acids is 1. The van der Waals surface area contributed by atoms with Crippen molar-refractivity contribution in [2.75, 3.05) is 24.7 Å². The van der Waals surface area contributed by atoms with E-state index >= 15 is 0 Å². The maximum atomic E-state index is 12.2. The van der Waals surface area contributed by atoms with Crippen molar-refractivity contribution in [1.82, 2.24) is 4.31 Å². The summed E-state index contributed by atoms with van der Waals surface area (Å²) in [6.07, 6.45) is 0.600. The largest absolute Gasteiger partial charge is 0.480 e. The van der Waals surface area contributed by atoms with Gasteiger partial charge in [-0.2, -0.15) is 4.31 Å². The van der Waals surface area contributed by atoms with Crippen LogP contribution < -0.4 is 0 Å². The Hall–Kier alpha value is -0.310. The van der Waals surface area contributed by atoms with Crippen LogP contribution in [-0.4, -0.2) is 59.9 Å².